The Kier molecular flexibility index (Phi) is 3.27. The third kappa shape index (κ3) is 2.39. The first-order valence-electron chi connectivity index (χ1n) is 7.25. The third-order valence-electron chi connectivity index (χ3n) is 3.50. The smallest absolute Gasteiger partial charge is 0.282 e. The highest BCUT2D eigenvalue weighted by Crippen LogP contribution is 2.26. The molecule has 0 amide bonds. The van der Waals surface area contributed by atoms with Gasteiger partial charge in [0.2, 0.25) is 5.82 Å². The minimum Gasteiger partial charge on any atom is -0.382 e. The number of nitrogens with two attached hydrogens (primary N) is 1. The number of aryl methyl sites for hydroxylation is 1. The molecule has 0 aliphatic rings. The fraction of sp³-hybridized carbons (Fsp3) is 0.0625. The van der Waals surface area contributed by atoms with Crippen molar-refractivity contribution in [2.24, 2.45) is 0 Å². The van der Waals surface area contributed by atoms with E-state index < -0.39 is 0 Å². The van der Waals surface area contributed by atoms with Gasteiger partial charge in [0, 0.05) is 18.0 Å². The highest BCUT2D eigenvalue weighted by molar-refractivity contribution is 5.66. The molecule has 4 rings (SSSR count). The van der Waals surface area contributed by atoms with Gasteiger partial charge in [0.1, 0.15) is 0 Å². The van der Waals surface area contributed by atoms with E-state index in [1.54, 1.807) is 18.5 Å². The van der Waals surface area contributed by atoms with Crippen LogP contribution in [0.3, 0.4) is 0 Å². The van der Waals surface area contributed by atoms with Gasteiger partial charge in [0.25, 0.3) is 5.89 Å². The molecule has 0 saturated heterocycles. The van der Waals surface area contributed by atoms with E-state index in [-0.39, 0.29) is 5.89 Å². The van der Waals surface area contributed by atoms with Crippen molar-refractivity contribution < 1.29 is 4.52 Å². The van der Waals surface area contributed by atoms with E-state index in [0.29, 0.717) is 17.3 Å². The summed E-state index contributed by atoms with van der Waals surface area (Å²) in [5, 5.41) is 12.1. The van der Waals surface area contributed by atoms with Crippen LogP contribution in [0.1, 0.15) is 5.56 Å². The zero-order valence-corrected chi connectivity index (χ0v) is 12.8. The first-order valence-corrected chi connectivity index (χ1v) is 7.25. The molecular formula is C16H13N7O. The molecule has 0 fully saturated rings. The number of rotatable bonds is 3. The Morgan fingerprint density at radius 1 is 1.17 bits per heavy atom. The van der Waals surface area contributed by atoms with Gasteiger partial charge in [-0.25, -0.2) is 0 Å². The Morgan fingerprint density at radius 2 is 2.08 bits per heavy atom. The van der Waals surface area contributed by atoms with Crippen LogP contribution in [0.15, 0.2) is 53.3 Å². The molecule has 24 heavy (non-hydrogen) atoms. The Balaban J connectivity index is 1.73. The quantitative estimate of drug-likeness (QED) is 0.617. The monoisotopic (exact) mass is 319 g/mol. The van der Waals surface area contributed by atoms with Gasteiger partial charge in [-0.1, -0.05) is 22.5 Å². The second-order valence-corrected chi connectivity index (χ2v) is 5.24. The molecular weight excluding hydrogens is 306 g/mol. The van der Waals surface area contributed by atoms with Crippen LogP contribution >= 0.6 is 0 Å². The molecule has 0 aliphatic heterocycles. The molecule has 8 heteroatoms. The van der Waals surface area contributed by atoms with Crippen molar-refractivity contribution in [2.75, 3.05) is 5.73 Å². The number of benzene rings is 1. The van der Waals surface area contributed by atoms with E-state index >= 15 is 0 Å². The molecule has 0 radical (unpaired) electrons. The summed E-state index contributed by atoms with van der Waals surface area (Å²) in [6.45, 7) is 2.00. The van der Waals surface area contributed by atoms with Crippen LogP contribution < -0.4 is 5.73 Å². The van der Waals surface area contributed by atoms with Crippen LogP contribution in [0, 0.1) is 6.92 Å². The fourth-order valence-corrected chi connectivity index (χ4v) is 2.32. The SMILES string of the molecule is Cc1cccc(-n2nnc(-c3nc(-c4cccnc4)no3)c2N)c1. The van der Waals surface area contributed by atoms with Gasteiger partial charge in [-0.3, -0.25) is 4.98 Å². The summed E-state index contributed by atoms with van der Waals surface area (Å²) >= 11 is 0. The number of anilines is 1. The number of hydrogen-bond acceptors (Lipinski definition) is 7. The van der Waals surface area contributed by atoms with Crippen molar-refractivity contribution >= 4 is 5.82 Å². The lowest BCUT2D eigenvalue weighted by Crippen LogP contribution is -2.02. The number of nitrogens with zero attached hydrogens (tertiary/aromatic N) is 6. The number of aromatic nitrogens is 6. The van der Waals surface area contributed by atoms with Crippen LogP contribution in [-0.4, -0.2) is 30.1 Å². The summed E-state index contributed by atoms with van der Waals surface area (Å²) in [7, 11) is 0. The van der Waals surface area contributed by atoms with E-state index in [9.17, 15) is 0 Å². The predicted molar refractivity (Wildman–Crippen MR) is 87.0 cm³/mol. The second-order valence-electron chi connectivity index (χ2n) is 5.24. The van der Waals surface area contributed by atoms with Gasteiger partial charge in [0.15, 0.2) is 11.5 Å². The van der Waals surface area contributed by atoms with Gasteiger partial charge < -0.3 is 10.3 Å². The first kappa shape index (κ1) is 14.1. The summed E-state index contributed by atoms with van der Waals surface area (Å²) < 4.78 is 6.81. The maximum Gasteiger partial charge on any atom is 0.282 e. The van der Waals surface area contributed by atoms with Crippen molar-refractivity contribution in [2.45, 2.75) is 6.92 Å². The third-order valence-corrected chi connectivity index (χ3v) is 3.50. The Labute approximate surface area is 137 Å². The standard InChI is InChI=1S/C16H13N7O/c1-10-4-2-6-12(8-10)23-14(17)13(20-22-23)16-19-15(21-24-16)11-5-3-7-18-9-11/h2-9H,17H2,1H3. The Morgan fingerprint density at radius 3 is 2.88 bits per heavy atom. The molecule has 8 nitrogen and oxygen atoms in total. The van der Waals surface area contributed by atoms with E-state index in [0.717, 1.165) is 16.8 Å². The van der Waals surface area contributed by atoms with Gasteiger partial charge in [0.05, 0.1) is 5.69 Å². The van der Waals surface area contributed by atoms with Crippen molar-refractivity contribution in [3.05, 3.63) is 54.4 Å². The summed E-state index contributed by atoms with van der Waals surface area (Å²) in [5.41, 5.74) is 9.17. The van der Waals surface area contributed by atoms with Gasteiger partial charge >= 0.3 is 0 Å². The van der Waals surface area contributed by atoms with Crippen LogP contribution in [0.25, 0.3) is 28.7 Å². The molecule has 118 valence electrons. The molecule has 2 N–H and O–H groups in total. The van der Waals surface area contributed by atoms with Crippen molar-refractivity contribution in [1.29, 1.82) is 0 Å². The van der Waals surface area contributed by atoms with E-state index in [1.165, 1.54) is 4.68 Å². The topological polar surface area (TPSA) is 109 Å². The highest BCUT2D eigenvalue weighted by atomic mass is 16.5. The van der Waals surface area contributed by atoms with Crippen LogP contribution in [0.2, 0.25) is 0 Å². The zero-order chi connectivity index (χ0) is 16.5. The van der Waals surface area contributed by atoms with Crippen LogP contribution in [0.4, 0.5) is 5.82 Å². The van der Waals surface area contributed by atoms with Crippen LogP contribution in [0.5, 0.6) is 0 Å². The lowest BCUT2D eigenvalue weighted by molar-refractivity contribution is 0.431. The largest absolute Gasteiger partial charge is 0.382 e. The molecule has 0 saturated carbocycles. The fourth-order valence-electron chi connectivity index (χ4n) is 2.32. The second kappa shape index (κ2) is 5.58. The minimum absolute atomic E-state index is 0.213. The molecule has 0 unspecified atom stereocenters. The molecule has 3 heterocycles. The van der Waals surface area contributed by atoms with E-state index in [2.05, 4.69) is 25.4 Å². The van der Waals surface area contributed by atoms with Gasteiger partial charge in [-0.2, -0.15) is 9.67 Å². The normalized spacial score (nSPS) is 10.9. The first-order chi connectivity index (χ1) is 11.7. The lowest BCUT2D eigenvalue weighted by Gasteiger charge is -2.03. The Bertz CT molecular complexity index is 991. The minimum atomic E-state index is 0.213. The van der Waals surface area contributed by atoms with Crippen molar-refractivity contribution in [1.82, 2.24) is 30.1 Å². The molecule has 0 atom stereocenters. The molecule has 4 aromatic rings. The molecule has 0 aliphatic carbocycles. The van der Waals surface area contributed by atoms with E-state index in [4.69, 9.17) is 10.3 Å². The number of pyridine rings is 1. The molecule has 1 aromatic carbocycles. The zero-order valence-electron chi connectivity index (χ0n) is 12.8. The summed E-state index contributed by atoms with van der Waals surface area (Å²) in [5.74, 6) is 0.967. The number of hydrogen-bond donors (Lipinski definition) is 1. The van der Waals surface area contributed by atoms with Gasteiger partial charge in [-0.05, 0) is 36.8 Å². The summed E-state index contributed by atoms with van der Waals surface area (Å²) in [6, 6.07) is 11.4. The molecule has 0 bridgehead atoms. The molecule has 3 aromatic heterocycles. The van der Waals surface area contributed by atoms with E-state index in [1.807, 2.05) is 37.3 Å². The highest BCUT2D eigenvalue weighted by Gasteiger charge is 2.19. The van der Waals surface area contributed by atoms with Crippen molar-refractivity contribution in [3.8, 4) is 28.7 Å². The number of nitrogen functional groups attached to an aromatic ring is 1. The molecule has 0 spiro atoms. The maximum atomic E-state index is 6.16. The maximum absolute atomic E-state index is 6.16. The summed E-state index contributed by atoms with van der Waals surface area (Å²) in [4.78, 5) is 8.36. The van der Waals surface area contributed by atoms with Gasteiger partial charge in [-0.15, -0.1) is 5.10 Å². The predicted octanol–water partition coefficient (Wildman–Crippen LogP) is 2.27. The lowest BCUT2D eigenvalue weighted by atomic mass is 10.2. The van der Waals surface area contributed by atoms with Crippen LogP contribution in [-0.2, 0) is 0 Å². The average molecular weight is 319 g/mol. The Hall–Kier alpha value is -3.55. The average Bonchev–Trinajstić information content (AvgIpc) is 3.22. The van der Waals surface area contributed by atoms with Crippen molar-refractivity contribution in [3.63, 3.8) is 0 Å². The summed E-state index contributed by atoms with van der Waals surface area (Å²) in [6.07, 6.45) is 3.33.